The van der Waals surface area contributed by atoms with Crippen molar-refractivity contribution in [3.63, 3.8) is 0 Å². The monoisotopic (exact) mass is 576 g/mol. The van der Waals surface area contributed by atoms with Crippen molar-refractivity contribution >= 4 is 52.2 Å². The van der Waals surface area contributed by atoms with Gasteiger partial charge in [-0.15, -0.1) is 0 Å². The number of carbonyl (C=O) groups is 2. The summed E-state index contributed by atoms with van der Waals surface area (Å²) in [6.45, 7) is 4.74. The molecule has 0 heterocycles. The molecule has 0 saturated carbocycles. The summed E-state index contributed by atoms with van der Waals surface area (Å²) in [5.74, 6) is -0.985. The summed E-state index contributed by atoms with van der Waals surface area (Å²) in [4.78, 5) is 24.2. The van der Waals surface area contributed by atoms with Gasteiger partial charge in [0.05, 0.1) is 21.1 Å². The molecule has 2 rings (SSSR count). The van der Waals surface area contributed by atoms with Gasteiger partial charge in [-0.1, -0.05) is 4.57 Å². The average Bonchev–Trinajstić information content (AvgIpc) is 2.71. The Bertz CT molecular complexity index is 990. The van der Waals surface area contributed by atoms with Crippen molar-refractivity contribution in [3.8, 4) is 17.2 Å². The number of halogens is 2. The number of benzene rings is 2. The largest absolute Gasteiger partial charge is 0.507 e. The molecular formula is C20H21Br2NO7P+. The second kappa shape index (κ2) is 10.5. The van der Waals surface area contributed by atoms with Crippen LogP contribution in [0.3, 0.4) is 0 Å². The molecular weight excluding hydrogens is 557 g/mol. The first-order valence-electron chi connectivity index (χ1n) is 9.09. The number of phenols is 1. The van der Waals surface area contributed by atoms with E-state index in [0.717, 1.165) is 0 Å². The van der Waals surface area contributed by atoms with Gasteiger partial charge in [0.25, 0.3) is 11.2 Å². The fourth-order valence-corrected chi connectivity index (χ4v) is 4.09. The maximum atomic E-state index is 12.5. The Morgan fingerprint density at radius 3 is 2.39 bits per heavy atom. The van der Waals surface area contributed by atoms with Crippen molar-refractivity contribution in [2.45, 2.75) is 32.2 Å². The molecule has 1 amide bonds. The molecule has 0 aliphatic heterocycles. The van der Waals surface area contributed by atoms with Crippen molar-refractivity contribution in [1.29, 1.82) is 0 Å². The minimum atomic E-state index is -1.52. The van der Waals surface area contributed by atoms with Gasteiger partial charge in [0.2, 0.25) is 0 Å². The van der Waals surface area contributed by atoms with Crippen LogP contribution in [0.1, 0.15) is 36.7 Å². The Kier molecular flexibility index (Phi) is 8.59. The number of esters is 1. The summed E-state index contributed by atoms with van der Waals surface area (Å²) in [7, 11) is -0.968. The third-order valence-electron chi connectivity index (χ3n) is 4.18. The topological polar surface area (TPSA) is 122 Å². The molecule has 31 heavy (non-hydrogen) atoms. The van der Waals surface area contributed by atoms with E-state index in [-0.39, 0.29) is 23.7 Å². The smallest absolute Gasteiger partial charge is 0.364 e. The molecule has 0 saturated heterocycles. The molecule has 3 unspecified atom stereocenters. The normalized spacial score (nSPS) is 13.9. The number of amides is 1. The van der Waals surface area contributed by atoms with Gasteiger partial charge in [-0.3, -0.25) is 4.79 Å². The maximum Gasteiger partial charge on any atom is 0.364 e. The number of aromatic hydroxyl groups is 1. The molecule has 0 aliphatic carbocycles. The number of hydrogen-bond acceptors (Lipinski definition) is 7. The number of ether oxygens (including phenoxy) is 2. The quantitative estimate of drug-likeness (QED) is 0.310. The van der Waals surface area contributed by atoms with Crippen LogP contribution in [0.25, 0.3) is 0 Å². The minimum absolute atomic E-state index is 0.0898. The summed E-state index contributed by atoms with van der Waals surface area (Å²) < 4.78 is 22.9. The first-order valence-corrected chi connectivity index (χ1v) is 11.6. The number of aliphatic hydroxyl groups is 1. The molecule has 0 bridgehead atoms. The van der Waals surface area contributed by atoms with E-state index in [0.29, 0.717) is 20.3 Å². The lowest BCUT2D eigenvalue weighted by Gasteiger charge is -2.16. The third-order valence-corrected chi connectivity index (χ3v) is 6.04. The second-order valence-electron chi connectivity index (χ2n) is 6.67. The first-order chi connectivity index (χ1) is 14.5. The van der Waals surface area contributed by atoms with Gasteiger partial charge in [0.1, 0.15) is 17.5 Å². The summed E-state index contributed by atoms with van der Waals surface area (Å²) in [5.41, 5.74) is 0.318. The third kappa shape index (κ3) is 6.26. The van der Waals surface area contributed by atoms with Crippen molar-refractivity contribution in [2.24, 2.45) is 0 Å². The van der Waals surface area contributed by atoms with Crippen molar-refractivity contribution in [2.75, 3.05) is 6.61 Å². The highest BCUT2D eigenvalue weighted by atomic mass is 79.9. The number of nitrogens with one attached hydrogen (secondary N) is 1. The van der Waals surface area contributed by atoms with E-state index in [2.05, 4.69) is 37.2 Å². The zero-order chi connectivity index (χ0) is 23.3. The molecule has 3 atom stereocenters. The zero-order valence-electron chi connectivity index (χ0n) is 16.9. The number of hydrogen-bond donors (Lipinski definition) is 3. The Labute approximate surface area is 197 Å². The minimum Gasteiger partial charge on any atom is -0.507 e. The molecule has 0 aliphatic rings. The molecule has 0 fully saturated rings. The van der Waals surface area contributed by atoms with Crippen LogP contribution in [-0.2, 0) is 19.4 Å². The Hall–Kier alpha value is -2.00. The highest BCUT2D eigenvalue weighted by Gasteiger charge is 2.33. The van der Waals surface area contributed by atoms with Crippen molar-refractivity contribution < 1.29 is 33.8 Å². The SMILES string of the molecule is CCOC(=O)C(C)NC(=O)c1cc(Oc2c(Br)cc(C(C)(O)[PH+]=O)cc2Br)ccc1O. The maximum absolute atomic E-state index is 12.5. The highest BCUT2D eigenvalue weighted by molar-refractivity contribution is 9.11. The van der Waals surface area contributed by atoms with Crippen LogP contribution in [-0.4, -0.2) is 34.7 Å². The van der Waals surface area contributed by atoms with E-state index in [1.807, 2.05) is 0 Å². The lowest BCUT2D eigenvalue weighted by Crippen LogP contribution is -2.39. The van der Waals surface area contributed by atoms with Gasteiger partial charge >= 0.3 is 14.4 Å². The van der Waals surface area contributed by atoms with Gasteiger partial charge in [0, 0.05) is 12.5 Å². The van der Waals surface area contributed by atoms with Crippen LogP contribution in [0.4, 0.5) is 0 Å². The van der Waals surface area contributed by atoms with Gasteiger partial charge in [-0.05, 0) is 76.0 Å². The van der Waals surface area contributed by atoms with Crippen molar-refractivity contribution in [3.05, 3.63) is 50.4 Å². The second-order valence-corrected chi connectivity index (χ2v) is 9.56. The lowest BCUT2D eigenvalue weighted by atomic mass is 10.1. The molecule has 0 radical (unpaired) electrons. The van der Waals surface area contributed by atoms with Crippen LogP contribution < -0.4 is 10.1 Å². The Morgan fingerprint density at radius 2 is 1.84 bits per heavy atom. The molecule has 2 aromatic rings. The Morgan fingerprint density at radius 1 is 1.23 bits per heavy atom. The summed E-state index contributed by atoms with van der Waals surface area (Å²) >= 11 is 6.71. The van der Waals surface area contributed by atoms with E-state index in [1.165, 1.54) is 32.0 Å². The van der Waals surface area contributed by atoms with Gasteiger partial charge in [-0.25, -0.2) is 4.79 Å². The summed E-state index contributed by atoms with van der Waals surface area (Å²) in [6, 6.07) is 6.31. The highest BCUT2D eigenvalue weighted by Crippen LogP contribution is 2.42. The molecule has 0 spiro atoms. The molecule has 8 nitrogen and oxygen atoms in total. The van der Waals surface area contributed by atoms with Crippen molar-refractivity contribution in [1.82, 2.24) is 5.32 Å². The predicted molar refractivity (Wildman–Crippen MR) is 122 cm³/mol. The fraction of sp³-hybridized carbons (Fsp3) is 0.300. The van der Waals surface area contributed by atoms with E-state index >= 15 is 0 Å². The molecule has 11 heteroatoms. The fourth-order valence-electron chi connectivity index (χ4n) is 2.48. The zero-order valence-corrected chi connectivity index (χ0v) is 21.0. The standard InChI is InChI=1S/C20H20Br2NO7P/c1-4-29-19(26)10(2)23-18(25)13-9-12(5-6-16(13)24)30-17-14(21)7-11(8-15(17)22)20(3,27)31-28/h5-10,24,27H,4H2,1-3H3,(H,23,25)/p+1. The van der Waals surface area contributed by atoms with Crippen LogP contribution in [0.2, 0.25) is 0 Å². The summed E-state index contributed by atoms with van der Waals surface area (Å²) in [6.07, 6.45) is 0. The first kappa shape index (κ1) is 25.3. The molecule has 3 N–H and O–H groups in total. The van der Waals surface area contributed by atoms with Crippen LogP contribution >= 0.6 is 40.3 Å². The lowest BCUT2D eigenvalue weighted by molar-refractivity contribution is -0.144. The number of rotatable bonds is 8. The number of carbonyl (C=O) groups excluding carboxylic acids is 2. The van der Waals surface area contributed by atoms with Crippen LogP contribution in [0, 0.1) is 0 Å². The van der Waals surface area contributed by atoms with Gasteiger partial charge in [-0.2, -0.15) is 0 Å². The summed E-state index contributed by atoms with van der Waals surface area (Å²) in [5, 5.41) is 21.2. The molecule has 0 aromatic heterocycles. The van der Waals surface area contributed by atoms with Gasteiger partial charge < -0.3 is 25.0 Å². The van der Waals surface area contributed by atoms with Crippen LogP contribution in [0.15, 0.2) is 39.3 Å². The average molecular weight is 578 g/mol. The molecule has 2 aromatic carbocycles. The van der Waals surface area contributed by atoms with E-state index in [4.69, 9.17) is 9.47 Å². The van der Waals surface area contributed by atoms with Gasteiger partial charge in [0.15, 0.2) is 5.75 Å². The molecule has 166 valence electrons. The van der Waals surface area contributed by atoms with E-state index in [9.17, 15) is 24.4 Å². The predicted octanol–water partition coefficient (Wildman–Crippen LogP) is 4.58. The number of phenolic OH excluding ortho intramolecular Hbond substituents is 1. The van der Waals surface area contributed by atoms with E-state index in [1.54, 1.807) is 19.1 Å². The Balaban J connectivity index is 2.29. The van der Waals surface area contributed by atoms with E-state index < -0.39 is 31.7 Å². The van der Waals surface area contributed by atoms with Crippen LogP contribution in [0.5, 0.6) is 17.2 Å².